The Labute approximate surface area is 198 Å². The minimum atomic E-state index is -1.69. The van der Waals surface area contributed by atoms with Crippen LogP contribution in [0, 0.1) is 31.3 Å². The molecule has 11 heteroatoms. The van der Waals surface area contributed by atoms with Crippen molar-refractivity contribution in [2.75, 3.05) is 18.4 Å². The van der Waals surface area contributed by atoms with Crippen molar-refractivity contribution in [3.8, 4) is 0 Å². The van der Waals surface area contributed by atoms with Crippen LogP contribution in [0.5, 0.6) is 0 Å². The van der Waals surface area contributed by atoms with Gasteiger partial charge in [0, 0.05) is 24.1 Å². The minimum absolute atomic E-state index is 0.245. The van der Waals surface area contributed by atoms with E-state index in [4.69, 9.17) is 4.52 Å². The number of nitrogens with zero attached hydrogens (tertiary/aromatic N) is 3. The highest BCUT2D eigenvalue weighted by molar-refractivity contribution is 7.98. The fraction of sp³-hybridized carbons (Fsp3) is 0.304. The molecule has 34 heavy (non-hydrogen) atoms. The molecule has 1 aromatic carbocycles. The number of carbonyl (C=O) groups is 2. The average Bonchev–Trinajstić information content (AvgIpc) is 3.14. The predicted molar refractivity (Wildman–Crippen MR) is 121 cm³/mol. The van der Waals surface area contributed by atoms with Crippen LogP contribution in [0.15, 0.2) is 40.0 Å². The number of halogens is 3. The van der Waals surface area contributed by atoms with Gasteiger partial charge in [-0.05, 0) is 44.5 Å². The van der Waals surface area contributed by atoms with E-state index in [0.717, 1.165) is 17.3 Å². The molecule has 180 valence electrons. The van der Waals surface area contributed by atoms with Crippen LogP contribution < -0.4 is 5.32 Å². The lowest BCUT2D eigenvalue weighted by molar-refractivity contribution is -0.116. The molecular formula is C23H23F3N4O3S. The van der Waals surface area contributed by atoms with E-state index in [1.165, 1.54) is 16.7 Å². The molecule has 0 unspecified atom stereocenters. The number of benzene rings is 1. The highest BCUT2D eigenvalue weighted by atomic mass is 32.2. The third kappa shape index (κ3) is 5.77. The Hall–Kier alpha value is -3.34. The van der Waals surface area contributed by atoms with Gasteiger partial charge >= 0.3 is 0 Å². The van der Waals surface area contributed by atoms with Crippen molar-refractivity contribution in [3.63, 3.8) is 0 Å². The second-order valence-corrected chi connectivity index (χ2v) is 8.41. The van der Waals surface area contributed by atoms with Crippen LogP contribution in [0.3, 0.4) is 0 Å². The first-order valence-electron chi connectivity index (χ1n) is 10.4. The number of anilines is 1. The lowest BCUT2D eigenvalue weighted by atomic mass is 10.2. The summed E-state index contributed by atoms with van der Waals surface area (Å²) in [5, 5.41) is 6.59. The first-order chi connectivity index (χ1) is 16.2. The second kappa shape index (κ2) is 11.2. The Bertz CT molecular complexity index is 1180. The standard InChI is InChI=1S/C23H23F3N4O3S/c1-4-10-30(11-19(31)28-18-8-7-17(24)20(25)21(18)26)23(32)15-6-5-9-27-22(15)34-12-16-13(2)29-33-14(16)3/h5-9H,4,10-12H2,1-3H3,(H,28,31). The summed E-state index contributed by atoms with van der Waals surface area (Å²) in [6.45, 7) is 5.30. The van der Waals surface area contributed by atoms with E-state index in [1.807, 2.05) is 13.8 Å². The van der Waals surface area contributed by atoms with Gasteiger partial charge in [-0.15, -0.1) is 11.8 Å². The lowest BCUT2D eigenvalue weighted by Gasteiger charge is -2.22. The van der Waals surface area contributed by atoms with E-state index >= 15 is 0 Å². The van der Waals surface area contributed by atoms with E-state index in [9.17, 15) is 22.8 Å². The molecule has 0 aliphatic rings. The van der Waals surface area contributed by atoms with Gasteiger partial charge in [0.1, 0.15) is 17.3 Å². The number of pyridine rings is 1. The van der Waals surface area contributed by atoms with Crippen molar-refractivity contribution in [2.45, 2.75) is 38.0 Å². The van der Waals surface area contributed by atoms with Gasteiger partial charge < -0.3 is 14.7 Å². The zero-order valence-corrected chi connectivity index (χ0v) is 19.6. The molecular weight excluding hydrogens is 469 g/mol. The topological polar surface area (TPSA) is 88.3 Å². The number of thioether (sulfide) groups is 1. The summed E-state index contributed by atoms with van der Waals surface area (Å²) in [6.07, 6.45) is 2.12. The first kappa shape index (κ1) is 25.3. The molecule has 0 spiro atoms. The Balaban J connectivity index is 1.75. The Morgan fingerprint density at radius 3 is 2.59 bits per heavy atom. The molecule has 0 atom stereocenters. The number of aryl methyl sites for hydroxylation is 2. The molecule has 0 fully saturated rings. The number of carbonyl (C=O) groups excluding carboxylic acids is 2. The van der Waals surface area contributed by atoms with E-state index in [2.05, 4.69) is 15.5 Å². The Morgan fingerprint density at radius 1 is 1.15 bits per heavy atom. The summed E-state index contributed by atoms with van der Waals surface area (Å²) < 4.78 is 45.7. The van der Waals surface area contributed by atoms with E-state index < -0.39 is 41.5 Å². The number of amides is 2. The molecule has 0 saturated heterocycles. The number of aromatic nitrogens is 2. The fourth-order valence-electron chi connectivity index (χ4n) is 3.20. The molecule has 0 saturated carbocycles. The third-order valence-electron chi connectivity index (χ3n) is 4.96. The Kier molecular flexibility index (Phi) is 8.32. The zero-order valence-electron chi connectivity index (χ0n) is 18.8. The molecule has 0 radical (unpaired) electrons. The maximum Gasteiger partial charge on any atom is 0.257 e. The van der Waals surface area contributed by atoms with Crippen LogP contribution in [-0.4, -0.2) is 39.9 Å². The summed E-state index contributed by atoms with van der Waals surface area (Å²) in [7, 11) is 0. The molecule has 2 aromatic heterocycles. The Morgan fingerprint density at radius 2 is 1.91 bits per heavy atom. The number of rotatable bonds is 9. The average molecular weight is 493 g/mol. The van der Waals surface area contributed by atoms with Crippen LogP contribution >= 0.6 is 11.8 Å². The summed E-state index contributed by atoms with van der Waals surface area (Å²) in [5.41, 5.74) is 1.46. The van der Waals surface area contributed by atoms with Crippen molar-refractivity contribution in [1.82, 2.24) is 15.0 Å². The van der Waals surface area contributed by atoms with E-state index in [1.54, 1.807) is 25.3 Å². The molecule has 0 aliphatic heterocycles. The smallest absolute Gasteiger partial charge is 0.257 e. The molecule has 0 bridgehead atoms. The van der Waals surface area contributed by atoms with Gasteiger partial charge in [-0.3, -0.25) is 9.59 Å². The van der Waals surface area contributed by atoms with Crippen molar-refractivity contribution >= 4 is 29.3 Å². The predicted octanol–water partition coefficient (Wildman–Crippen LogP) is 4.89. The normalized spacial score (nSPS) is 10.9. The zero-order chi connectivity index (χ0) is 24.8. The lowest BCUT2D eigenvalue weighted by Crippen LogP contribution is -2.39. The summed E-state index contributed by atoms with van der Waals surface area (Å²) in [5.74, 6) is -4.57. The molecule has 2 heterocycles. The maximum atomic E-state index is 13.9. The monoisotopic (exact) mass is 492 g/mol. The van der Waals surface area contributed by atoms with Crippen LogP contribution in [0.25, 0.3) is 0 Å². The van der Waals surface area contributed by atoms with Crippen LogP contribution in [0.2, 0.25) is 0 Å². The second-order valence-electron chi connectivity index (χ2n) is 7.45. The molecule has 3 rings (SSSR count). The van der Waals surface area contributed by atoms with Crippen molar-refractivity contribution in [1.29, 1.82) is 0 Å². The van der Waals surface area contributed by atoms with Gasteiger partial charge in [0.2, 0.25) is 5.91 Å². The van der Waals surface area contributed by atoms with E-state index in [-0.39, 0.29) is 6.54 Å². The van der Waals surface area contributed by atoms with Gasteiger partial charge in [0.05, 0.1) is 16.9 Å². The van der Waals surface area contributed by atoms with Crippen LogP contribution in [-0.2, 0) is 10.5 Å². The highest BCUT2D eigenvalue weighted by Gasteiger charge is 2.23. The fourth-order valence-corrected chi connectivity index (χ4v) is 4.33. The molecule has 3 aromatic rings. The number of hydrogen-bond acceptors (Lipinski definition) is 6. The van der Waals surface area contributed by atoms with Gasteiger partial charge in [-0.25, -0.2) is 18.2 Å². The van der Waals surface area contributed by atoms with Crippen LogP contribution in [0.4, 0.5) is 18.9 Å². The molecule has 0 aliphatic carbocycles. The number of hydrogen-bond donors (Lipinski definition) is 1. The molecule has 2 amide bonds. The maximum absolute atomic E-state index is 13.9. The van der Waals surface area contributed by atoms with Gasteiger partial charge in [-0.2, -0.15) is 0 Å². The highest BCUT2D eigenvalue weighted by Crippen LogP contribution is 2.28. The summed E-state index contributed by atoms with van der Waals surface area (Å²) in [6, 6.07) is 4.86. The quantitative estimate of drug-likeness (QED) is 0.338. The largest absolute Gasteiger partial charge is 0.361 e. The van der Waals surface area contributed by atoms with E-state index in [0.29, 0.717) is 34.6 Å². The van der Waals surface area contributed by atoms with Crippen LogP contribution in [0.1, 0.15) is 40.7 Å². The first-order valence-corrected chi connectivity index (χ1v) is 11.4. The molecule has 1 N–H and O–H groups in total. The van der Waals surface area contributed by atoms with Gasteiger partial charge in [-0.1, -0.05) is 12.1 Å². The third-order valence-corrected chi connectivity index (χ3v) is 5.99. The summed E-state index contributed by atoms with van der Waals surface area (Å²) in [4.78, 5) is 31.4. The van der Waals surface area contributed by atoms with Gasteiger partial charge in [0.25, 0.3) is 5.91 Å². The summed E-state index contributed by atoms with van der Waals surface area (Å²) >= 11 is 1.34. The van der Waals surface area contributed by atoms with Gasteiger partial charge in [0.15, 0.2) is 17.5 Å². The minimum Gasteiger partial charge on any atom is -0.361 e. The number of nitrogens with one attached hydrogen (secondary N) is 1. The van der Waals surface area contributed by atoms with Crippen molar-refractivity contribution < 1.29 is 27.3 Å². The van der Waals surface area contributed by atoms with Crippen molar-refractivity contribution in [3.05, 3.63) is 70.5 Å². The molecule has 7 nitrogen and oxygen atoms in total. The van der Waals surface area contributed by atoms with Crippen molar-refractivity contribution in [2.24, 2.45) is 0 Å². The SMILES string of the molecule is CCCN(CC(=O)Nc1ccc(F)c(F)c1F)C(=O)c1cccnc1SCc1c(C)noc1C.